The third-order valence-corrected chi connectivity index (χ3v) is 2.31. The van der Waals surface area contributed by atoms with Gasteiger partial charge in [0.2, 0.25) is 11.8 Å². The molecule has 2 atom stereocenters. The summed E-state index contributed by atoms with van der Waals surface area (Å²) in [5.41, 5.74) is 5.44. The van der Waals surface area contributed by atoms with Gasteiger partial charge in [0.15, 0.2) is 0 Å². The number of nitrogens with two attached hydrogens (primary N) is 1. The molecule has 0 aromatic carbocycles. The van der Waals surface area contributed by atoms with Crippen LogP contribution in [0.2, 0.25) is 0 Å². The standard InChI is InChI=1S/C13H27N3O2/c1-8(2)7-10(14)12(18)15-9(3)11(17)16-13(4,5)6/h8-10H,7,14H2,1-6H3,(H,15,18)(H,16,17)/t9?,10-/m0/s1. The fourth-order valence-electron chi connectivity index (χ4n) is 1.48. The first-order chi connectivity index (χ1) is 8.03. The van der Waals surface area contributed by atoms with E-state index in [4.69, 9.17) is 5.73 Å². The summed E-state index contributed by atoms with van der Waals surface area (Å²) in [6, 6.07) is -1.13. The molecule has 5 nitrogen and oxygen atoms in total. The maximum Gasteiger partial charge on any atom is 0.242 e. The predicted octanol–water partition coefficient (Wildman–Crippen LogP) is 0.779. The van der Waals surface area contributed by atoms with Crippen molar-refractivity contribution in [2.75, 3.05) is 0 Å². The number of amides is 2. The van der Waals surface area contributed by atoms with Crippen LogP contribution >= 0.6 is 0 Å². The lowest BCUT2D eigenvalue weighted by molar-refractivity contribution is -0.130. The molecule has 0 rings (SSSR count). The summed E-state index contributed by atoms with van der Waals surface area (Å²) in [5, 5.41) is 5.44. The highest BCUT2D eigenvalue weighted by atomic mass is 16.2. The Morgan fingerprint density at radius 3 is 2.00 bits per heavy atom. The summed E-state index contributed by atoms with van der Waals surface area (Å²) in [7, 11) is 0. The zero-order chi connectivity index (χ0) is 14.5. The summed E-state index contributed by atoms with van der Waals surface area (Å²) in [6.07, 6.45) is 0.611. The Hall–Kier alpha value is -1.10. The van der Waals surface area contributed by atoms with E-state index in [1.165, 1.54) is 0 Å². The van der Waals surface area contributed by atoms with Gasteiger partial charge in [-0.1, -0.05) is 13.8 Å². The molecule has 0 heterocycles. The van der Waals surface area contributed by atoms with Crippen LogP contribution in [0.3, 0.4) is 0 Å². The van der Waals surface area contributed by atoms with Gasteiger partial charge in [-0.05, 0) is 40.0 Å². The van der Waals surface area contributed by atoms with E-state index in [9.17, 15) is 9.59 Å². The first kappa shape index (κ1) is 16.9. The highest BCUT2D eigenvalue weighted by Crippen LogP contribution is 2.03. The van der Waals surface area contributed by atoms with Crippen molar-refractivity contribution in [1.29, 1.82) is 0 Å². The smallest absolute Gasteiger partial charge is 0.242 e. The molecule has 18 heavy (non-hydrogen) atoms. The number of carbonyl (C=O) groups is 2. The van der Waals surface area contributed by atoms with Crippen LogP contribution in [0.15, 0.2) is 0 Å². The van der Waals surface area contributed by atoms with Crippen molar-refractivity contribution in [2.45, 2.75) is 65.6 Å². The second-order valence-corrected chi connectivity index (χ2v) is 6.21. The molecule has 2 amide bonds. The first-order valence-corrected chi connectivity index (χ1v) is 6.41. The SMILES string of the molecule is CC(C)C[C@H](N)C(=O)NC(C)C(=O)NC(C)(C)C. The average Bonchev–Trinajstić information content (AvgIpc) is 2.13. The molecule has 106 valence electrons. The van der Waals surface area contributed by atoms with E-state index < -0.39 is 12.1 Å². The Balaban J connectivity index is 4.26. The molecule has 0 saturated heterocycles. The first-order valence-electron chi connectivity index (χ1n) is 6.41. The van der Waals surface area contributed by atoms with Crippen LogP contribution in [-0.2, 0) is 9.59 Å². The Labute approximate surface area is 110 Å². The lowest BCUT2D eigenvalue weighted by Crippen LogP contribution is -2.53. The fourth-order valence-corrected chi connectivity index (χ4v) is 1.48. The van der Waals surface area contributed by atoms with Crippen molar-refractivity contribution < 1.29 is 9.59 Å². The van der Waals surface area contributed by atoms with Crippen molar-refractivity contribution >= 4 is 11.8 Å². The van der Waals surface area contributed by atoms with Crippen LogP contribution in [0.5, 0.6) is 0 Å². The molecule has 0 fully saturated rings. The number of rotatable bonds is 5. The van der Waals surface area contributed by atoms with E-state index in [0.717, 1.165) is 0 Å². The normalized spacial score (nSPS) is 15.1. The molecular weight excluding hydrogens is 230 g/mol. The van der Waals surface area contributed by atoms with Gasteiger partial charge < -0.3 is 16.4 Å². The number of carbonyl (C=O) groups excluding carboxylic acids is 2. The monoisotopic (exact) mass is 257 g/mol. The minimum Gasteiger partial charge on any atom is -0.350 e. The summed E-state index contributed by atoms with van der Waals surface area (Å²) in [6.45, 7) is 11.3. The maximum atomic E-state index is 11.8. The molecule has 0 saturated carbocycles. The Bertz CT molecular complexity index is 295. The Morgan fingerprint density at radius 1 is 1.11 bits per heavy atom. The third-order valence-electron chi connectivity index (χ3n) is 2.31. The molecule has 0 aliphatic carbocycles. The van der Waals surface area contributed by atoms with Crippen LogP contribution in [0.1, 0.15) is 48.0 Å². The predicted molar refractivity (Wildman–Crippen MR) is 72.9 cm³/mol. The number of hydrogen-bond donors (Lipinski definition) is 3. The van der Waals surface area contributed by atoms with Gasteiger partial charge in [0.05, 0.1) is 6.04 Å². The van der Waals surface area contributed by atoms with E-state index in [0.29, 0.717) is 12.3 Å². The van der Waals surface area contributed by atoms with Crippen molar-refractivity contribution in [1.82, 2.24) is 10.6 Å². The molecule has 1 unspecified atom stereocenters. The maximum absolute atomic E-state index is 11.8. The quantitative estimate of drug-likeness (QED) is 0.680. The average molecular weight is 257 g/mol. The Kier molecular flexibility index (Phi) is 6.32. The van der Waals surface area contributed by atoms with Crippen molar-refractivity contribution in [3.63, 3.8) is 0 Å². The van der Waals surface area contributed by atoms with Gasteiger partial charge in [-0.2, -0.15) is 0 Å². The van der Waals surface area contributed by atoms with E-state index >= 15 is 0 Å². The summed E-state index contributed by atoms with van der Waals surface area (Å²) >= 11 is 0. The molecule has 0 aliphatic heterocycles. The van der Waals surface area contributed by atoms with Gasteiger partial charge in [0.25, 0.3) is 0 Å². The van der Waals surface area contributed by atoms with E-state index in [2.05, 4.69) is 10.6 Å². The summed E-state index contributed by atoms with van der Waals surface area (Å²) in [5.74, 6) is -0.127. The van der Waals surface area contributed by atoms with E-state index in [-0.39, 0.29) is 17.4 Å². The molecule has 0 radical (unpaired) electrons. The van der Waals surface area contributed by atoms with Crippen molar-refractivity contribution in [2.24, 2.45) is 11.7 Å². The molecule has 5 heteroatoms. The van der Waals surface area contributed by atoms with Crippen LogP contribution in [0.25, 0.3) is 0 Å². The van der Waals surface area contributed by atoms with Gasteiger partial charge in [-0.3, -0.25) is 9.59 Å². The molecule has 0 spiro atoms. The van der Waals surface area contributed by atoms with Crippen LogP contribution in [0, 0.1) is 5.92 Å². The molecule has 0 bridgehead atoms. The van der Waals surface area contributed by atoms with Crippen LogP contribution in [0.4, 0.5) is 0 Å². The van der Waals surface area contributed by atoms with Gasteiger partial charge in [-0.15, -0.1) is 0 Å². The summed E-state index contributed by atoms with van der Waals surface area (Å²) in [4.78, 5) is 23.5. The van der Waals surface area contributed by atoms with Crippen molar-refractivity contribution in [3.8, 4) is 0 Å². The minimum atomic E-state index is -0.574. The van der Waals surface area contributed by atoms with Crippen molar-refractivity contribution in [3.05, 3.63) is 0 Å². The highest BCUT2D eigenvalue weighted by molar-refractivity contribution is 5.89. The third kappa shape index (κ3) is 7.27. The van der Waals surface area contributed by atoms with E-state index in [1.54, 1.807) is 6.92 Å². The fraction of sp³-hybridized carbons (Fsp3) is 0.846. The lowest BCUT2D eigenvalue weighted by atomic mass is 10.0. The molecular formula is C13H27N3O2. The molecule has 0 aromatic rings. The molecule has 0 aromatic heterocycles. The van der Waals surface area contributed by atoms with Gasteiger partial charge in [0.1, 0.15) is 6.04 Å². The lowest BCUT2D eigenvalue weighted by Gasteiger charge is -2.24. The zero-order valence-corrected chi connectivity index (χ0v) is 12.3. The minimum absolute atomic E-state index is 0.201. The van der Waals surface area contributed by atoms with Gasteiger partial charge in [-0.25, -0.2) is 0 Å². The highest BCUT2D eigenvalue weighted by Gasteiger charge is 2.23. The zero-order valence-electron chi connectivity index (χ0n) is 12.3. The largest absolute Gasteiger partial charge is 0.350 e. The number of nitrogens with one attached hydrogen (secondary N) is 2. The van der Waals surface area contributed by atoms with Gasteiger partial charge in [0, 0.05) is 5.54 Å². The topological polar surface area (TPSA) is 84.2 Å². The Morgan fingerprint density at radius 2 is 1.61 bits per heavy atom. The summed E-state index contributed by atoms with van der Waals surface area (Å²) < 4.78 is 0. The second kappa shape index (κ2) is 6.73. The molecule has 0 aliphatic rings. The molecule has 4 N–H and O–H groups in total. The van der Waals surface area contributed by atoms with Crippen LogP contribution < -0.4 is 16.4 Å². The van der Waals surface area contributed by atoms with Gasteiger partial charge >= 0.3 is 0 Å². The van der Waals surface area contributed by atoms with E-state index in [1.807, 2.05) is 34.6 Å². The van der Waals surface area contributed by atoms with Crippen LogP contribution in [-0.4, -0.2) is 29.4 Å². The second-order valence-electron chi connectivity index (χ2n) is 6.21. The number of hydrogen-bond acceptors (Lipinski definition) is 3.